The van der Waals surface area contributed by atoms with Gasteiger partial charge in [-0.25, -0.2) is 4.39 Å². The summed E-state index contributed by atoms with van der Waals surface area (Å²) in [6.45, 7) is 2.03. The zero-order chi connectivity index (χ0) is 9.10. The molecule has 13 heavy (non-hydrogen) atoms. The second kappa shape index (κ2) is 3.71. The van der Waals surface area contributed by atoms with E-state index < -0.39 is 0 Å². The first-order valence-electron chi connectivity index (χ1n) is 4.48. The van der Waals surface area contributed by atoms with E-state index in [0.717, 1.165) is 19.5 Å². The second-order valence-electron chi connectivity index (χ2n) is 3.30. The molecule has 1 aliphatic rings. The largest absolute Gasteiger partial charge is 0.309 e. The van der Waals surface area contributed by atoms with E-state index in [1.165, 1.54) is 23.3 Å². The van der Waals surface area contributed by atoms with Crippen molar-refractivity contribution in [3.05, 3.63) is 47.3 Å². The molecular weight excluding hydrogens is 165 g/mol. The number of halogens is 1. The minimum atomic E-state index is -0.165. The van der Waals surface area contributed by atoms with Crippen LogP contribution in [0.1, 0.15) is 5.56 Å². The van der Waals surface area contributed by atoms with Crippen LogP contribution in [0.15, 0.2) is 35.9 Å². The monoisotopic (exact) mass is 177 g/mol. The standard InChI is InChI=1S/C11H12FN/c12-11-5-3-9(4-6-11)1-2-10-7-13-8-10/h2-6,13H,1,7-8H2. The molecule has 1 heterocycles. The molecule has 0 saturated carbocycles. The fraction of sp³-hybridized carbons (Fsp3) is 0.273. The molecule has 1 saturated heterocycles. The number of rotatable bonds is 2. The van der Waals surface area contributed by atoms with E-state index in [4.69, 9.17) is 0 Å². The van der Waals surface area contributed by atoms with Gasteiger partial charge in [0.25, 0.3) is 0 Å². The predicted molar refractivity (Wildman–Crippen MR) is 51.1 cm³/mol. The molecule has 1 aliphatic heterocycles. The molecule has 0 unspecified atom stereocenters. The summed E-state index contributed by atoms with van der Waals surface area (Å²) in [5, 5.41) is 3.18. The Hall–Kier alpha value is -1.15. The SMILES string of the molecule is Fc1ccc(CC=C2CNC2)cc1. The average molecular weight is 177 g/mol. The maximum atomic E-state index is 12.5. The van der Waals surface area contributed by atoms with Crippen LogP contribution in [0, 0.1) is 5.82 Å². The van der Waals surface area contributed by atoms with Crippen molar-refractivity contribution in [3.8, 4) is 0 Å². The summed E-state index contributed by atoms with van der Waals surface area (Å²) in [6, 6.07) is 6.68. The van der Waals surface area contributed by atoms with Gasteiger partial charge in [-0.15, -0.1) is 0 Å². The molecule has 0 bridgehead atoms. The van der Waals surface area contributed by atoms with E-state index in [2.05, 4.69) is 11.4 Å². The lowest BCUT2D eigenvalue weighted by molar-refractivity contribution is 0.627. The Balaban J connectivity index is 1.97. The Kier molecular flexibility index (Phi) is 2.41. The maximum Gasteiger partial charge on any atom is 0.123 e. The van der Waals surface area contributed by atoms with Crippen LogP contribution in [0.2, 0.25) is 0 Å². The molecular formula is C11H12FN. The second-order valence-corrected chi connectivity index (χ2v) is 3.30. The maximum absolute atomic E-state index is 12.5. The van der Waals surface area contributed by atoms with Crippen molar-refractivity contribution in [2.24, 2.45) is 0 Å². The van der Waals surface area contributed by atoms with Gasteiger partial charge in [-0.2, -0.15) is 0 Å². The summed E-state index contributed by atoms with van der Waals surface area (Å²) in [5.41, 5.74) is 2.62. The quantitative estimate of drug-likeness (QED) is 0.680. The first-order chi connectivity index (χ1) is 6.34. The topological polar surface area (TPSA) is 12.0 Å². The van der Waals surface area contributed by atoms with Crippen LogP contribution in [-0.2, 0) is 6.42 Å². The van der Waals surface area contributed by atoms with Gasteiger partial charge in [-0.3, -0.25) is 0 Å². The summed E-state index contributed by atoms with van der Waals surface area (Å²) in [5.74, 6) is -0.165. The van der Waals surface area contributed by atoms with Crippen LogP contribution in [0.25, 0.3) is 0 Å². The first-order valence-corrected chi connectivity index (χ1v) is 4.48. The lowest BCUT2D eigenvalue weighted by Crippen LogP contribution is -2.33. The van der Waals surface area contributed by atoms with Crippen LogP contribution in [0.4, 0.5) is 4.39 Å². The van der Waals surface area contributed by atoms with Gasteiger partial charge >= 0.3 is 0 Å². The summed E-state index contributed by atoms with van der Waals surface area (Å²) < 4.78 is 12.5. The lowest BCUT2D eigenvalue weighted by Gasteiger charge is -2.18. The van der Waals surface area contributed by atoms with Crippen molar-refractivity contribution >= 4 is 0 Å². The van der Waals surface area contributed by atoms with E-state index in [1.807, 2.05) is 12.1 Å². The molecule has 1 nitrogen and oxygen atoms in total. The third kappa shape index (κ3) is 2.16. The Morgan fingerprint density at radius 3 is 2.46 bits per heavy atom. The number of nitrogens with one attached hydrogen (secondary N) is 1. The third-order valence-electron chi connectivity index (χ3n) is 2.24. The Bertz CT molecular complexity index is 307. The van der Waals surface area contributed by atoms with Gasteiger partial charge in [0.05, 0.1) is 0 Å². The van der Waals surface area contributed by atoms with Crippen LogP contribution in [-0.4, -0.2) is 13.1 Å². The van der Waals surface area contributed by atoms with Crippen molar-refractivity contribution in [3.63, 3.8) is 0 Å². The molecule has 0 aliphatic carbocycles. The van der Waals surface area contributed by atoms with E-state index in [9.17, 15) is 4.39 Å². The number of hydrogen-bond acceptors (Lipinski definition) is 1. The van der Waals surface area contributed by atoms with Gasteiger partial charge in [0.15, 0.2) is 0 Å². The van der Waals surface area contributed by atoms with Gasteiger partial charge in [-0.1, -0.05) is 18.2 Å². The Morgan fingerprint density at radius 1 is 1.23 bits per heavy atom. The van der Waals surface area contributed by atoms with Gasteiger partial charge in [0.2, 0.25) is 0 Å². The number of hydrogen-bond donors (Lipinski definition) is 1. The van der Waals surface area contributed by atoms with Gasteiger partial charge in [0.1, 0.15) is 5.82 Å². The fourth-order valence-electron chi connectivity index (χ4n) is 1.30. The molecule has 1 N–H and O–H groups in total. The fourth-order valence-corrected chi connectivity index (χ4v) is 1.30. The molecule has 2 rings (SSSR count). The smallest absolute Gasteiger partial charge is 0.123 e. The molecule has 1 fully saturated rings. The summed E-state index contributed by atoms with van der Waals surface area (Å²) in [4.78, 5) is 0. The molecule has 1 aromatic carbocycles. The molecule has 0 radical (unpaired) electrons. The van der Waals surface area contributed by atoms with Crippen molar-refractivity contribution < 1.29 is 4.39 Å². The summed E-state index contributed by atoms with van der Waals surface area (Å²) >= 11 is 0. The molecule has 1 aromatic rings. The zero-order valence-electron chi connectivity index (χ0n) is 7.39. The van der Waals surface area contributed by atoms with Crippen LogP contribution >= 0.6 is 0 Å². The lowest BCUT2D eigenvalue weighted by atomic mass is 10.1. The summed E-state index contributed by atoms with van der Waals surface area (Å²) in [7, 11) is 0. The van der Waals surface area contributed by atoms with Crippen molar-refractivity contribution in [1.29, 1.82) is 0 Å². The highest BCUT2D eigenvalue weighted by Crippen LogP contribution is 2.07. The average Bonchev–Trinajstić information content (AvgIpc) is 2.05. The Morgan fingerprint density at radius 2 is 1.92 bits per heavy atom. The normalized spacial score (nSPS) is 15.3. The zero-order valence-corrected chi connectivity index (χ0v) is 7.39. The van der Waals surface area contributed by atoms with Crippen molar-refractivity contribution in [1.82, 2.24) is 5.32 Å². The van der Waals surface area contributed by atoms with Crippen LogP contribution in [0.5, 0.6) is 0 Å². The summed E-state index contributed by atoms with van der Waals surface area (Å²) in [6.07, 6.45) is 3.13. The number of allylic oxidation sites excluding steroid dienone is 1. The number of benzene rings is 1. The molecule has 0 spiro atoms. The highest BCUT2D eigenvalue weighted by molar-refractivity contribution is 5.22. The van der Waals surface area contributed by atoms with E-state index in [1.54, 1.807) is 0 Å². The van der Waals surface area contributed by atoms with E-state index in [0.29, 0.717) is 0 Å². The predicted octanol–water partition coefficient (Wildman–Crippen LogP) is 1.90. The molecule has 0 atom stereocenters. The van der Waals surface area contributed by atoms with Gasteiger partial charge in [0, 0.05) is 13.1 Å². The molecule has 0 aromatic heterocycles. The molecule has 0 amide bonds. The highest BCUT2D eigenvalue weighted by atomic mass is 19.1. The van der Waals surface area contributed by atoms with E-state index in [-0.39, 0.29) is 5.82 Å². The minimum Gasteiger partial charge on any atom is -0.309 e. The van der Waals surface area contributed by atoms with Crippen molar-refractivity contribution in [2.75, 3.05) is 13.1 Å². The Labute approximate surface area is 77.3 Å². The van der Waals surface area contributed by atoms with Crippen molar-refractivity contribution in [2.45, 2.75) is 6.42 Å². The highest BCUT2D eigenvalue weighted by Gasteiger charge is 2.05. The van der Waals surface area contributed by atoms with Gasteiger partial charge in [-0.05, 0) is 29.7 Å². The molecule has 2 heteroatoms. The van der Waals surface area contributed by atoms with E-state index >= 15 is 0 Å². The first kappa shape index (κ1) is 8.45. The van der Waals surface area contributed by atoms with Crippen LogP contribution in [0.3, 0.4) is 0 Å². The molecule has 68 valence electrons. The van der Waals surface area contributed by atoms with Crippen LogP contribution < -0.4 is 5.32 Å². The van der Waals surface area contributed by atoms with Gasteiger partial charge < -0.3 is 5.32 Å². The third-order valence-corrected chi connectivity index (χ3v) is 2.24. The minimum absolute atomic E-state index is 0.165.